The van der Waals surface area contributed by atoms with E-state index in [1.807, 2.05) is 6.92 Å². The van der Waals surface area contributed by atoms with Crippen LogP contribution in [-0.4, -0.2) is 30.2 Å². The van der Waals surface area contributed by atoms with Gasteiger partial charge in [0.1, 0.15) is 0 Å². The third-order valence-electron chi connectivity index (χ3n) is 2.72. The van der Waals surface area contributed by atoms with Gasteiger partial charge in [-0.3, -0.25) is 0 Å². The van der Waals surface area contributed by atoms with E-state index in [9.17, 15) is 0 Å². The highest BCUT2D eigenvalue weighted by molar-refractivity contribution is 5.85. The highest BCUT2D eigenvalue weighted by Crippen LogP contribution is 2.09. The van der Waals surface area contributed by atoms with E-state index < -0.39 is 0 Å². The van der Waals surface area contributed by atoms with Crippen LogP contribution in [0, 0.1) is 5.41 Å². The van der Waals surface area contributed by atoms with Gasteiger partial charge in [-0.1, -0.05) is 6.42 Å². The summed E-state index contributed by atoms with van der Waals surface area (Å²) in [5.74, 6) is 0. The molecule has 14 heavy (non-hydrogen) atoms. The van der Waals surface area contributed by atoms with E-state index in [0.29, 0.717) is 0 Å². The molecule has 0 aliphatic carbocycles. The number of hydrogen-bond donors (Lipinski definition) is 1. The number of nitrogens with zero attached hydrogens (tertiary/aromatic N) is 1. The molecule has 1 heterocycles. The number of piperidine rings is 1. The fourth-order valence-corrected chi connectivity index (χ4v) is 1.91. The Morgan fingerprint density at radius 2 is 1.79 bits per heavy atom. The average molecular weight is 219 g/mol. The molecular formula is C11H23ClN2. The maximum atomic E-state index is 7.30. The smallest absolute Gasteiger partial charge is 0.00582 e. The molecule has 0 amide bonds. The summed E-state index contributed by atoms with van der Waals surface area (Å²) >= 11 is 0. The van der Waals surface area contributed by atoms with Crippen molar-refractivity contribution in [3.8, 4) is 0 Å². The normalized spacial score (nSPS) is 17.5. The SMILES string of the molecule is CC(=N)CCCCN1CCCCC1.Cl. The Hall–Kier alpha value is -0.0800. The quantitative estimate of drug-likeness (QED) is 0.557. The Bertz CT molecular complexity index is 153. The van der Waals surface area contributed by atoms with Crippen molar-refractivity contribution in [2.75, 3.05) is 19.6 Å². The summed E-state index contributed by atoms with van der Waals surface area (Å²) in [4.78, 5) is 2.57. The van der Waals surface area contributed by atoms with Crippen molar-refractivity contribution >= 4 is 18.1 Å². The van der Waals surface area contributed by atoms with Crippen LogP contribution >= 0.6 is 12.4 Å². The van der Waals surface area contributed by atoms with Crippen LogP contribution in [0.15, 0.2) is 0 Å². The Labute approximate surface area is 94.0 Å². The summed E-state index contributed by atoms with van der Waals surface area (Å²) in [5.41, 5.74) is 0.832. The van der Waals surface area contributed by atoms with Gasteiger partial charge < -0.3 is 10.3 Å². The fraction of sp³-hybridized carbons (Fsp3) is 0.909. The van der Waals surface area contributed by atoms with Gasteiger partial charge in [0, 0.05) is 5.71 Å². The van der Waals surface area contributed by atoms with Gasteiger partial charge >= 0.3 is 0 Å². The van der Waals surface area contributed by atoms with Gasteiger partial charge in [-0.05, 0) is 58.7 Å². The number of rotatable bonds is 5. The molecule has 0 atom stereocenters. The first kappa shape index (κ1) is 13.9. The van der Waals surface area contributed by atoms with Gasteiger partial charge in [-0.15, -0.1) is 12.4 Å². The topological polar surface area (TPSA) is 27.1 Å². The number of halogens is 1. The van der Waals surface area contributed by atoms with Crippen molar-refractivity contribution < 1.29 is 0 Å². The standard InChI is InChI=1S/C11H22N2.ClH/c1-11(12)7-3-6-10-13-8-4-2-5-9-13;/h12H,2-10H2,1H3;1H. The summed E-state index contributed by atoms with van der Waals surface area (Å²) in [5, 5.41) is 7.30. The van der Waals surface area contributed by atoms with Crippen LogP contribution in [-0.2, 0) is 0 Å². The van der Waals surface area contributed by atoms with E-state index in [0.717, 1.165) is 12.1 Å². The summed E-state index contributed by atoms with van der Waals surface area (Å²) in [6.07, 6.45) is 7.68. The predicted molar refractivity (Wildman–Crippen MR) is 64.8 cm³/mol. The molecule has 1 rings (SSSR count). The molecule has 0 spiro atoms. The van der Waals surface area contributed by atoms with E-state index in [1.165, 1.54) is 51.7 Å². The van der Waals surface area contributed by atoms with Crippen molar-refractivity contribution in [2.45, 2.75) is 45.4 Å². The van der Waals surface area contributed by atoms with Crippen LogP contribution < -0.4 is 0 Å². The molecule has 0 bridgehead atoms. The summed E-state index contributed by atoms with van der Waals surface area (Å²) < 4.78 is 0. The third-order valence-corrected chi connectivity index (χ3v) is 2.72. The van der Waals surface area contributed by atoms with Crippen LogP contribution in [0.2, 0.25) is 0 Å². The van der Waals surface area contributed by atoms with Gasteiger partial charge in [0.25, 0.3) is 0 Å². The summed E-state index contributed by atoms with van der Waals surface area (Å²) in [6.45, 7) is 5.78. The third kappa shape index (κ3) is 6.39. The lowest BCUT2D eigenvalue weighted by atomic mass is 10.1. The summed E-state index contributed by atoms with van der Waals surface area (Å²) in [7, 11) is 0. The second kappa shape index (κ2) is 8.25. The maximum absolute atomic E-state index is 7.30. The second-order valence-corrected chi connectivity index (χ2v) is 4.14. The molecule has 0 aromatic carbocycles. The number of nitrogens with one attached hydrogen (secondary N) is 1. The molecule has 2 nitrogen and oxygen atoms in total. The van der Waals surface area contributed by atoms with Crippen LogP contribution in [0.4, 0.5) is 0 Å². The zero-order valence-electron chi connectivity index (χ0n) is 9.22. The molecule has 1 N–H and O–H groups in total. The van der Waals surface area contributed by atoms with Crippen molar-refractivity contribution in [2.24, 2.45) is 0 Å². The largest absolute Gasteiger partial charge is 0.310 e. The van der Waals surface area contributed by atoms with E-state index in [2.05, 4.69) is 4.90 Å². The number of hydrogen-bond acceptors (Lipinski definition) is 2. The molecule has 3 heteroatoms. The minimum atomic E-state index is 0. The van der Waals surface area contributed by atoms with Crippen LogP contribution in [0.1, 0.15) is 45.4 Å². The monoisotopic (exact) mass is 218 g/mol. The molecule has 0 unspecified atom stereocenters. The van der Waals surface area contributed by atoms with Crippen molar-refractivity contribution in [1.29, 1.82) is 5.41 Å². The van der Waals surface area contributed by atoms with Gasteiger partial charge in [0.15, 0.2) is 0 Å². The highest BCUT2D eigenvalue weighted by atomic mass is 35.5. The van der Waals surface area contributed by atoms with Gasteiger partial charge in [-0.25, -0.2) is 0 Å². The first-order valence-corrected chi connectivity index (χ1v) is 5.55. The zero-order valence-corrected chi connectivity index (χ0v) is 10.0. The molecule has 0 aromatic heterocycles. The van der Waals surface area contributed by atoms with Crippen molar-refractivity contribution in [3.05, 3.63) is 0 Å². The van der Waals surface area contributed by atoms with E-state index in [1.54, 1.807) is 0 Å². The van der Waals surface area contributed by atoms with E-state index >= 15 is 0 Å². The Morgan fingerprint density at radius 3 is 2.36 bits per heavy atom. The molecule has 0 radical (unpaired) electrons. The van der Waals surface area contributed by atoms with Crippen LogP contribution in [0.5, 0.6) is 0 Å². The Kier molecular flexibility index (Phi) is 8.20. The van der Waals surface area contributed by atoms with Gasteiger partial charge in [-0.2, -0.15) is 0 Å². The van der Waals surface area contributed by atoms with E-state index in [-0.39, 0.29) is 12.4 Å². The lowest BCUT2D eigenvalue weighted by molar-refractivity contribution is 0.225. The fourth-order valence-electron chi connectivity index (χ4n) is 1.91. The van der Waals surface area contributed by atoms with Crippen molar-refractivity contribution in [1.82, 2.24) is 4.90 Å². The van der Waals surface area contributed by atoms with Crippen molar-refractivity contribution in [3.63, 3.8) is 0 Å². The number of likely N-dealkylation sites (tertiary alicyclic amines) is 1. The molecule has 0 saturated carbocycles. The molecule has 1 aliphatic heterocycles. The average Bonchev–Trinajstić information content (AvgIpc) is 2.14. The Morgan fingerprint density at radius 1 is 1.14 bits per heavy atom. The highest BCUT2D eigenvalue weighted by Gasteiger charge is 2.08. The maximum Gasteiger partial charge on any atom is 0.00582 e. The van der Waals surface area contributed by atoms with Gasteiger partial charge in [0.2, 0.25) is 0 Å². The molecule has 84 valence electrons. The first-order valence-electron chi connectivity index (χ1n) is 5.55. The van der Waals surface area contributed by atoms with Gasteiger partial charge in [0.05, 0.1) is 0 Å². The predicted octanol–water partition coefficient (Wildman–Crippen LogP) is 3.10. The molecule has 1 fully saturated rings. The Balaban J connectivity index is 0.00000169. The minimum absolute atomic E-state index is 0. The first-order chi connectivity index (χ1) is 6.29. The summed E-state index contributed by atoms with van der Waals surface area (Å²) in [6, 6.07) is 0. The molecule has 1 aliphatic rings. The van der Waals surface area contributed by atoms with E-state index in [4.69, 9.17) is 5.41 Å². The lowest BCUT2D eigenvalue weighted by Crippen LogP contribution is -2.30. The molecule has 1 saturated heterocycles. The lowest BCUT2D eigenvalue weighted by Gasteiger charge is -2.26. The van der Waals surface area contributed by atoms with Crippen LogP contribution in [0.3, 0.4) is 0 Å². The molecule has 0 aromatic rings. The second-order valence-electron chi connectivity index (χ2n) is 4.14. The molecular weight excluding hydrogens is 196 g/mol. The number of unbranched alkanes of at least 4 members (excludes halogenated alkanes) is 1. The minimum Gasteiger partial charge on any atom is -0.310 e. The van der Waals surface area contributed by atoms with Crippen LogP contribution in [0.25, 0.3) is 0 Å². The zero-order chi connectivity index (χ0) is 9.52.